The van der Waals surface area contributed by atoms with Gasteiger partial charge < -0.3 is 85.9 Å². The lowest BCUT2D eigenvalue weighted by Crippen LogP contribution is -2.60. The monoisotopic (exact) mass is 1750 g/mol. The number of likely N-dealkylation sites (tertiary alicyclic amines) is 1. The number of amides is 13. The lowest BCUT2D eigenvalue weighted by atomic mass is 9.81. The van der Waals surface area contributed by atoms with E-state index in [1.165, 1.54) is 46.8 Å². The zero-order valence-corrected chi connectivity index (χ0v) is 73.9. The second-order valence-electron chi connectivity index (χ2n) is 33.8. The van der Waals surface area contributed by atoms with Gasteiger partial charge in [0.15, 0.2) is 5.60 Å². The number of pyridine rings is 2. The largest absolute Gasteiger partial charge is 0.458 e. The van der Waals surface area contributed by atoms with Crippen LogP contribution in [0.2, 0.25) is 0 Å². The smallest absolute Gasteiger partial charge is 0.343 e. The van der Waals surface area contributed by atoms with Crippen LogP contribution in [0.4, 0.5) is 4.39 Å². The molecule has 680 valence electrons. The highest BCUT2D eigenvalue weighted by Crippen LogP contribution is 2.46. The maximum Gasteiger partial charge on any atom is 0.343 e. The Kier molecular flexibility index (Phi) is 33.3. The summed E-state index contributed by atoms with van der Waals surface area (Å²) in [5, 5.41) is 33.5. The number of aliphatic hydroxyl groups is 1. The fourth-order valence-corrected chi connectivity index (χ4v) is 17.7. The van der Waals surface area contributed by atoms with E-state index in [4.69, 9.17) is 23.9 Å². The van der Waals surface area contributed by atoms with Crippen molar-refractivity contribution < 1.29 is 95.6 Å². The van der Waals surface area contributed by atoms with Gasteiger partial charge in [-0.2, -0.15) is 0 Å². The highest BCUT2D eigenvalue weighted by molar-refractivity contribution is 6.13. The van der Waals surface area contributed by atoms with Crippen LogP contribution in [0.3, 0.4) is 0 Å². The Morgan fingerprint density at radius 3 is 1.93 bits per heavy atom. The summed E-state index contributed by atoms with van der Waals surface area (Å²) in [4.78, 5) is 216. The zero-order chi connectivity index (χ0) is 91.7. The number of methoxy groups -OCH3 is 2. The van der Waals surface area contributed by atoms with Gasteiger partial charge in [-0.15, -0.1) is 0 Å². The quantitative estimate of drug-likeness (QED) is 0.0114. The van der Waals surface area contributed by atoms with E-state index in [-0.39, 0.29) is 104 Å². The van der Waals surface area contributed by atoms with Crippen LogP contribution in [0.1, 0.15) is 170 Å². The van der Waals surface area contributed by atoms with Gasteiger partial charge in [-0.1, -0.05) is 129 Å². The minimum Gasteiger partial charge on any atom is -0.458 e. The first-order chi connectivity index (χ1) is 60.0. The Labute approximate surface area is 731 Å². The fourth-order valence-electron chi connectivity index (χ4n) is 17.7. The zero-order valence-electron chi connectivity index (χ0n) is 73.9. The van der Waals surface area contributed by atoms with E-state index in [9.17, 15) is 77.0 Å². The maximum absolute atomic E-state index is 15.6. The molecule has 6 heterocycles. The van der Waals surface area contributed by atoms with E-state index in [0.29, 0.717) is 108 Å². The van der Waals surface area contributed by atoms with E-state index < -0.39 is 175 Å². The van der Waals surface area contributed by atoms with E-state index in [1.54, 1.807) is 120 Å². The minimum absolute atomic E-state index is 0.0176. The van der Waals surface area contributed by atoms with Crippen molar-refractivity contribution in [1.82, 2.24) is 71.7 Å². The van der Waals surface area contributed by atoms with Gasteiger partial charge in [-0.3, -0.25) is 72.0 Å². The molecule has 1 fully saturated rings. The van der Waals surface area contributed by atoms with E-state index in [2.05, 4.69) is 42.5 Å². The van der Waals surface area contributed by atoms with Crippen LogP contribution in [-0.2, 0) is 124 Å². The molecule has 0 spiro atoms. The summed E-state index contributed by atoms with van der Waals surface area (Å²) in [5.41, 5.74) is 2.19. The number of fused-ring (bicyclic) bond motifs is 5. The maximum atomic E-state index is 15.6. The number of imide groups is 1. The molecule has 3 aromatic carbocycles. The highest BCUT2D eigenvalue weighted by Gasteiger charge is 2.48. The summed E-state index contributed by atoms with van der Waals surface area (Å²) in [5.74, 6) is -10.7. The third-order valence-electron chi connectivity index (χ3n) is 24.8. The first-order valence-electron chi connectivity index (χ1n) is 43.2. The molecule has 13 amide bonds. The molecule has 1 aliphatic carbocycles. The Morgan fingerprint density at radius 2 is 1.33 bits per heavy atom. The molecule has 1 unspecified atom stereocenters. The summed E-state index contributed by atoms with van der Waals surface area (Å²) in [7, 11) is 6.06. The summed E-state index contributed by atoms with van der Waals surface area (Å²) >= 11 is 0. The number of benzene rings is 3. The third-order valence-corrected chi connectivity index (χ3v) is 24.8. The minimum atomic E-state index is -2.08. The number of rotatable bonds is 43. The average molecular weight is 1750 g/mol. The van der Waals surface area contributed by atoms with Crippen LogP contribution in [0, 0.1) is 36.4 Å². The number of carbonyl (C=O) groups excluding carboxylic acids is 14. The second-order valence-corrected chi connectivity index (χ2v) is 33.8. The number of cyclic esters (lactones) is 1. The first kappa shape index (κ1) is 96.5. The first-order valence-corrected chi connectivity index (χ1v) is 43.2. The Morgan fingerprint density at radius 1 is 0.698 bits per heavy atom. The van der Waals surface area contributed by atoms with Crippen LogP contribution < -0.4 is 48.1 Å². The van der Waals surface area contributed by atoms with E-state index in [0.717, 1.165) is 4.90 Å². The molecular weight excluding hydrogens is 1630 g/mol. The molecule has 5 aliphatic rings. The number of hydrogen-bond acceptors (Lipinski definition) is 21. The number of likely N-dealkylation sites (N-methyl/N-ethyl adjacent to an activating group) is 2. The standard InChI is InChI=1S/C91H119FN14O20/c1-14-52(7)82(103(11)89(120)79(50(3)4)101-87(118)81(51(5)6)102(10)73(111)31-23-18-24-36-105-74(112)34-35-75(105)113)68(123-12)42-76(114)104-37-25-30-66(104)83(124-13)54(9)84(115)100-65(39-56-28-21-17-22-29-56)86(117)94-43-69(107)93-45-71(109)98-64(38-55-26-19-16-20-27-55)85(116)95-44-70(108)96-49-125-48-72(110)97-62-33-32-57-53(8)61(92)41-63-77(57)78(62)58-46-106-67(80(58)99-63)40-60-59(88(106)119)47-126-90(121)91(60,122)15-2/h16-17,19-22,26-29,34-35,40-41,50-52,54,62,64-66,68,79,81-83,122H,14-15,18,23-25,30-33,36-39,42-49H2,1-13H3,(H,93,107)(H,94,117)(H,95,116)(H,96,108)(H,97,110)(H,98,109)(H,100,115)(H,101,118)/t52-,54+,62?,64+,65+,66-,68+,79-,81-,82-,83+,91+/m0/s1. The lowest BCUT2D eigenvalue weighted by Gasteiger charge is -2.41. The molecule has 2 aromatic heterocycles. The van der Waals surface area contributed by atoms with Crippen molar-refractivity contribution in [2.75, 3.05) is 74.4 Å². The predicted molar refractivity (Wildman–Crippen MR) is 459 cm³/mol. The SMILES string of the molecule is CC[C@H](C)[C@@H]([C@@H](CC(=O)N1CCC[C@H]1[C@H](OC)[C@@H](C)C(=O)N[C@H](Cc1ccccc1)C(=O)NCC(=O)NCC(=O)N[C@H](Cc1ccccc1)C(=O)NCC(=O)NCOCC(=O)NC1CCc2c(C)c(F)cc3nc4c(c1c23)Cn1c-4cc2c(c1=O)COC(=O)[C@@]2(O)CC)OC)N(C)C(=O)[C@@H](NC(=O)[C@H](C(C)C)N(C)C(=O)CCCCCN1C(=O)C=CC1=O)C(C)C. The topological polar surface area (TPSA) is 440 Å². The van der Waals surface area contributed by atoms with Crippen LogP contribution in [0.15, 0.2) is 89.7 Å². The number of ether oxygens (including phenoxy) is 4. The normalized spacial score (nSPS) is 18.3. The molecule has 12 atom stereocenters. The number of nitrogens with one attached hydrogen (secondary N) is 8. The van der Waals surface area contributed by atoms with Crippen LogP contribution in [0.5, 0.6) is 0 Å². The second kappa shape index (κ2) is 43.5. The molecule has 0 saturated carbocycles. The lowest BCUT2D eigenvalue weighted by molar-refractivity contribution is -0.172. The Balaban J connectivity index is 0.694. The number of esters is 1. The van der Waals surface area contributed by atoms with Gasteiger partial charge in [0, 0.05) is 95.4 Å². The number of hydrogen-bond donors (Lipinski definition) is 9. The predicted octanol–water partition coefficient (Wildman–Crippen LogP) is 3.55. The number of aromatic nitrogens is 2. The number of halogens is 1. The van der Waals surface area contributed by atoms with Crippen molar-refractivity contribution in [3.05, 3.63) is 146 Å². The van der Waals surface area contributed by atoms with Crippen LogP contribution in [0.25, 0.3) is 22.3 Å². The molecule has 34 nitrogen and oxygen atoms in total. The van der Waals surface area contributed by atoms with E-state index in [1.807, 2.05) is 27.7 Å². The number of nitrogens with zero attached hydrogens (tertiary/aromatic N) is 6. The van der Waals surface area contributed by atoms with Crippen molar-refractivity contribution in [2.24, 2.45) is 23.7 Å². The average Bonchev–Trinajstić information content (AvgIpc) is 1.53. The van der Waals surface area contributed by atoms with E-state index >= 15 is 4.39 Å². The molecule has 9 N–H and O–H groups in total. The molecule has 10 rings (SSSR count). The van der Waals surface area contributed by atoms with Gasteiger partial charge in [0.05, 0.1) is 91.3 Å². The Hall–Kier alpha value is -11.7. The van der Waals surface area contributed by atoms with Crippen molar-refractivity contribution in [1.29, 1.82) is 0 Å². The van der Waals surface area contributed by atoms with Crippen LogP contribution >= 0.6 is 0 Å². The summed E-state index contributed by atoms with van der Waals surface area (Å²) in [6.45, 7) is 13.3. The van der Waals surface area contributed by atoms with Gasteiger partial charge in [0.2, 0.25) is 65.0 Å². The number of aryl methyl sites for hydroxylation is 1. The third kappa shape index (κ3) is 22.6. The van der Waals surface area contributed by atoms with Crippen molar-refractivity contribution in [3.63, 3.8) is 0 Å². The molecule has 0 radical (unpaired) electrons. The van der Waals surface area contributed by atoms with Gasteiger partial charge in [0.25, 0.3) is 17.4 Å². The molecule has 0 bridgehead atoms. The molecule has 5 aromatic rings. The number of unbranched alkanes of at least 4 members (excludes halogenated alkanes) is 2. The highest BCUT2D eigenvalue weighted by atomic mass is 19.1. The van der Waals surface area contributed by atoms with Crippen molar-refractivity contribution in [3.8, 4) is 11.4 Å². The van der Waals surface area contributed by atoms with Gasteiger partial charge in [0.1, 0.15) is 49.9 Å². The molecule has 1 saturated heterocycles. The molecule has 35 heteroatoms. The van der Waals surface area contributed by atoms with Gasteiger partial charge in [-0.05, 0) is 104 Å². The summed E-state index contributed by atoms with van der Waals surface area (Å²) in [6, 6.07) is 13.8. The molecular formula is C91H119FN14O20. The van der Waals surface area contributed by atoms with Gasteiger partial charge >= 0.3 is 5.97 Å². The van der Waals surface area contributed by atoms with Crippen molar-refractivity contribution in [2.45, 2.75) is 219 Å². The number of carbonyl (C=O) groups is 14. The molecule has 126 heavy (non-hydrogen) atoms. The summed E-state index contributed by atoms with van der Waals surface area (Å²) < 4.78 is 40.0. The van der Waals surface area contributed by atoms with Crippen molar-refractivity contribution >= 4 is 93.7 Å². The fraction of sp³-hybridized carbons (Fsp3) is 0.538. The Bertz CT molecular complexity index is 4990. The molecule has 4 aliphatic heterocycles. The summed E-state index contributed by atoms with van der Waals surface area (Å²) in [6.07, 6.45) is 4.32. The van der Waals surface area contributed by atoms with Crippen LogP contribution in [-0.4, -0.2) is 240 Å². The van der Waals surface area contributed by atoms with Gasteiger partial charge in [-0.25, -0.2) is 14.2 Å².